The lowest BCUT2D eigenvalue weighted by Gasteiger charge is -2.32. The van der Waals surface area contributed by atoms with Crippen LogP contribution in [0.1, 0.15) is 20.8 Å². The zero-order valence-electron chi connectivity index (χ0n) is 8.37. The summed E-state index contributed by atoms with van der Waals surface area (Å²) in [6, 6.07) is 0. The highest BCUT2D eigenvalue weighted by atomic mass is 19.1. The molecule has 2 saturated heterocycles. The SMILES string of the molecule is CC1(C)OC2[C@@H](COC(=O)[C@]2(C)F)O1. The lowest BCUT2D eigenvalue weighted by molar-refractivity contribution is -0.181. The Morgan fingerprint density at radius 3 is 2.64 bits per heavy atom. The average molecular weight is 204 g/mol. The first-order chi connectivity index (χ1) is 6.33. The second kappa shape index (κ2) is 2.67. The van der Waals surface area contributed by atoms with E-state index in [-0.39, 0.29) is 6.61 Å². The van der Waals surface area contributed by atoms with E-state index >= 15 is 0 Å². The zero-order valence-corrected chi connectivity index (χ0v) is 8.37. The topological polar surface area (TPSA) is 44.8 Å². The van der Waals surface area contributed by atoms with Crippen LogP contribution in [0.4, 0.5) is 4.39 Å². The number of halogens is 1. The summed E-state index contributed by atoms with van der Waals surface area (Å²) in [4.78, 5) is 11.1. The molecule has 0 aromatic heterocycles. The Balaban J connectivity index is 2.25. The number of hydrogen-bond donors (Lipinski definition) is 0. The highest BCUT2D eigenvalue weighted by Gasteiger charge is 2.59. The van der Waals surface area contributed by atoms with E-state index in [4.69, 9.17) is 9.47 Å². The van der Waals surface area contributed by atoms with Gasteiger partial charge in [-0.3, -0.25) is 0 Å². The normalized spacial score (nSPS) is 45.9. The van der Waals surface area contributed by atoms with Crippen molar-refractivity contribution < 1.29 is 23.4 Å². The first-order valence-electron chi connectivity index (χ1n) is 4.55. The molecule has 2 fully saturated rings. The van der Waals surface area contributed by atoms with Gasteiger partial charge >= 0.3 is 5.97 Å². The molecule has 0 aromatic carbocycles. The quantitative estimate of drug-likeness (QED) is 0.547. The minimum absolute atomic E-state index is 0.0619. The molecule has 0 bridgehead atoms. The van der Waals surface area contributed by atoms with Gasteiger partial charge in [0.25, 0.3) is 0 Å². The van der Waals surface area contributed by atoms with Gasteiger partial charge in [-0.1, -0.05) is 0 Å². The fourth-order valence-corrected chi connectivity index (χ4v) is 1.83. The van der Waals surface area contributed by atoms with Crippen molar-refractivity contribution in [2.24, 2.45) is 0 Å². The van der Waals surface area contributed by atoms with Crippen LogP contribution in [-0.2, 0) is 19.0 Å². The van der Waals surface area contributed by atoms with Crippen LogP contribution >= 0.6 is 0 Å². The molecule has 0 spiro atoms. The van der Waals surface area contributed by atoms with E-state index < -0.39 is 29.6 Å². The lowest BCUT2D eigenvalue weighted by atomic mass is 9.95. The third kappa shape index (κ3) is 1.31. The summed E-state index contributed by atoms with van der Waals surface area (Å²) in [5.74, 6) is -1.73. The van der Waals surface area contributed by atoms with Crippen LogP contribution in [-0.4, -0.2) is 36.2 Å². The molecule has 0 aliphatic carbocycles. The van der Waals surface area contributed by atoms with Crippen LogP contribution in [0.3, 0.4) is 0 Å². The summed E-state index contributed by atoms with van der Waals surface area (Å²) in [6.07, 6.45) is -1.36. The summed E-state index contributed by atoms with van der Waals surface area (Å²) < 4.78 is 29.3. The number of hydrogen-bond acceptors (Lipinski definition) is 4. The standard InChI is InChI=1S/C9H13FO4/c1-8(2)13-5-4-12-7(11)9(3,10)6(5)14-8/h5-6H,4H2,1-3H3/t5-,6?,9-/m1/s1. The number of carbonyl (C=O) groups is 1. The maximum absolute atomic E-state index is 13.9. The van der Waals surface area contributed by atoms with Crippen molar-refractivity contribution >= 4 is 5.97 Å². The van der Waals surface area contributed by atoms with Crippen LogP contribution in [0.2, 0.25) is 0 Å². The van der Waals surface area contributed by atoms with Crippen molar-refractivity contribution in [3.63, 3.8) is 0 Å². The number of alkyl halides is 1. The summed E-state index contributed by atoms with van der Waals surface area (Å²) in [6.45, 7) is 4.60. The van der Waals surface area contributed by atoms with Crippen LogP contribution in [0.25, 0.3) is 0 Å². The summed E-state index contributed by atoms with van der Waals surface area (Å²) in [5.41, 5.74) is -2.11. The van der Waals surface area contributed by atoms with Crippen molar-refractivity contribution in [1.82, 2.24) is 0 Å². The summed E-state index contributed by atoms with van der Waals surface area (Å²) >= 11 is 0. The number of carbonyl (C=O) groups excluding carboxylic acids is 1. The van der Waals surface area contributed by atoms with Gasteiger partial charge in [0.2, 0.25) is 5.67 Å². The number of ether oxygens (including phenoxy) is 3. The van der Waals surface area contributed by atoms with Crippen molar-refractivity contribution in [2.75, 3.05) is 6.61 Å². The Morgan fingerprint density at radius 1 is 1.36 bits per heavy atom. The van der Waals surface area contributed by atoms with Gasteiger partial charge < -0.3 is 14.2 Å². The number of cyclic esters (lactones) is 1. The molecule has 14 heavy (non-hydrogen) atoms. The maximum atomic E-state index is 13.9. The van der Waals surface area contributed by atoms with Crippen molar-refractivity contribution in [2.45, 2.75) is 44.4 Å². The van der Waals surface area contributed by atoms with Gasteiger partial charge in [-0.2, -0.15) is 0 Å². The molecule has 0 saturated carbocycles. The van der Waals surface area contributed by atoms with Crippen LogP contribution in [0, 0.1) is 0 Å². The van der Waals surface area contributed by atoms with E-state index in [1.54, 1.807) is 13.8 Å². The Labute approximate surface area is 81.3 Å². The molecule has 0 N–H and O–H groups in total. The first kappa shape index (κ1) is 9.86. The number of fused-ring (bicyclic) bond motifs is 1. The van der Waals surface area contributed by atoms with Crippen molar-refractivity contribution in [3.8, 4) is 0 Å². The molecule has 5 heteroatoms. The maximum Gasteiger partial charge on any atom is 0.346 e. The van der Waals surface area contributed by atoms with Gasteiger partial charge in [-0.15, -0.1) is 0 Å². The van der Waals surface area contributed by atoms with Crippen molar-refractivity contribution in [1.29, 1.82) is 0 Å². The second-order valence-electron chi connectivity index (χ2n) is 4.27. The Morgan fingerprint density at radius 2 is 2.00 bits per heavy atom. The third-order valence-corrected chi connectivity index (χ3v) is 2.50. The van der Waals surface area contributed by atoms with Crippen molar-refractivity contribution in [3.05, 3.63) is 0 Å². The second-order valence-corrected chi connectivity index (χ2v) is 4.27. The van der Waals surface area contributed by atoms with E-state index in [0.717, 1.165) is 6.92 Å². The van der Waals surface area contributed by atoms with E-state index in [1.165, 1.54) is 0 Å². The Bertz CT molecular complexity index is 274. The molecule has 0 amide bonds. The number of esters is 1. The molecule has 80 valence electrons. The average Bonchev–Trinajstić information content (AvgIpc) is 2.35. The largest absolute Gasteiger partial charge is 0.460 e. The van der Waals surface area contributed by atoms with Gasteiger partial charge in [-0.25, -0.2) is 9.18 Å². The monoisotopic (exact) mass is 204 g/mol. The Kier molecular flexibility index (Phi) is 1.88. The molecule has 2 heterocycles. The van der Waals surface area contributed by atoms with Gasteiger partial charge in [0.1, 0.15) is 18.8 Å². The molecule has 4 nitrogen and oxygen atoms in total. The molecule has 2 rings (SSSR count). The Hall–Kier alpha value is -0.680. The predicted molar refractivity (Wildman–Crippen MR) is 44.3 cm³/mol. The minimum atomic E-state index is -2.11. The minimum Gasteiger partial charge on any atom is -0.460 e. The molecule has 1 unspecified atom stereocenters. The fraction of sp³-hybridized carbons (Fsp3) is 0.889. The van der Waals surface area contributed by atoms with E-state index in [2.05, 4.69) is 4.74 Å². The van der Waals surface area contributed by atoms with Crippen LogP contribution < -0.4 is 0 Å². The summed E-state index contributed by atoms with van der Waals surface area (Å²) in [7, 11) is 0. The molecule has 2 aliphatic rings. The zero-order chi connectivity index (χ0) is 10.6. The van der Waals surface area contributed by atoms with Gasteiger partial charge in [0.05, 0.1) is 0 Å². The smallest absolute Gasteiger partial charge is 0.346 e. The van der Waals surface area contributed by atoms with Crippen LogP contribution in [0.5, 0.6) is 0 Å². The predicted octanol–water partition coefficient (Wildman–Crippen LogP) is 0.791. The molecular weight excluding hydrogens is 191 g/mol. The van der Waals surface area contributed by atoms with Gasteiger partial charge in [-0.05, 0) is 20.8 Å². The highest BCUT2D eigenvalue weighted by molar-refractivity contribution is 5.80. The van der Waals surface area contributed by atoms with E-state index in [9.17, 15) is 9.18 Å². The van der Waals surface area contributed by atoms with Crippen LogP contribution in [0.15, 0.2) is 0 Å². The molecule has 0 radical (unpaired) electrons. The third-order valence-electron chi connectivity index (χ3n) is 2.50. The fourth-order valence-electron chi connectivity index (χ4n) is 1.83. The van der Waals surface area contributed by atoms with Gasteiger partial charge in [0, 0.05) is 0 Å². The molecule has 2 aliphatic heterocycles. The van der Waals surface area contributed by atoms with E-state index in [0.29, 0.717) is 0 Å². The summed E-state index contributed by atoms with van der Waals surface area (Å²) in [5, 5.41) is 0. The number of rotatable bonds is 0. The highest BCUT2D eigenvalue weighted by Crippen LogP contribution is 2.39. The van der Waals surface area contributed by atoms with Gasteiger partial charge in [0.15, 0.2) is 5.79 Å². The molecule has 3 atom stereocenters. The van der Waals surface area contributed by atoms with E-state index in [1.807, 2.05) is 0 Å². The lowest BCUT2D eigenvalue weighted by Crippen LogP contribution is -2.55. The first-order valence-corrected chi connectivity index (χ1v) is 4.55. The molecule has 0 aromatic rings. The molecular formula is C9H13FO4.